The number of phosphoric acid groups is 3. The van der Waals surface area contributed by atoms with Crippen molar-refractivity contribution in [1.82, 2.24) is 30.2 Å². The molecule has 4 heterocycles. The summed E-state index contributed by atoms with van der Waals surface area (Å²) in [4.78, 5) is 85.0. The standard InChI is InChI=1S/C30H37N10O16P3/c31-17-5-3-15-10-16-4-6-18(32)12-20(16)39(19(15)11-17)9-1-2-22(41)34-7-8-35-30(44)54-25-21(13-52-58(48,49)56-59(50,51)55-57(45,46)47)53-28(24(25)42)40-14-36-23-26(40)37-29(33)38-27(23)43/h3-6,10-12,14,21,24-25,28,42H,1-2,7-9,13H2,(H12,31,32,33,34,35,37,38,41,43,44,45,46,47,48,49,50,51)/p+1/t21-,24-,25-,28-/m1/s1. The number of H-pyrrole nitrogens is 1. The highest BCUT2D eigenvalue weighted by Crippen LogP contribution is 2.66. The number of imidazole rings is 1. The molecule has 1 saturated heterocycles. The van der Waals surface area contributed by atoms with E-state index in [1.54, 1.807) is 12.1 Å². The van der Waals surface area contributed by atoms with E-state index in [1.165, 1.54) is 0 Å². The molecule has 3 aromatic heterocycles. The number of nitrogens with zero attached hydrogens (tertiary/aromatic N) is 4. The Morgan fingerprint density at radius 3 is 2.22 bits per heavy atom. The first-order valence-corrected chi connectivity index (χ1v) is 21.7. The molecule has 6 rings (SSSR count). The van der Waals surface area contributed by atoms with Crippen LogP contribution in [0.2, 0.25) is 0 Å². The Balaban J connectivity index is 1.06. The molecule has 14 N–H and O–H groups in total. The Labute approximate surface area is 330 Å². The zero-order valence-electron chi connectivity index (χ0n) is 30.3. The lowest BCUT2D eigenvalue weighted by molar-refractivity contribution is -0.645. The van der Waals surface area contributed by atoms with Crippen molar-refractivity contribution < 1.29 is 75.2 Å². The zero-order chi connectivity index (χ0) is 42.9. The summed E-state index contributed by atoms with van der Waals surface area (Å²) >= 11 is 0. The average molecular weight is 888 g/mol. The minimum Gasteiger partial charge on any atom is -0.440 e. The number of aliphatic hydroxyl groups is 1. The quantitative estimate of drug-likeness (QED) is 0.0200. The molecule has 2 amide bonds. The largest absolute Gasteiger partial charge is 0.490 e. The summed E-state index contributed by atoms with van der Waals surface area (Å²) in [7, 11) is -17.3. The first-order valence-electron chi connectivity index (χ1n) is 17.2. The number of aromatic amines is 1. The van der Waals surface area contributed by atoms with E-state index in [0.29, 0.717) is 24.3 Å². The lowest BCUT2D eigenvalue weighted by Crippen LogP contribution is -2.42. The fraction of sp³-hybridized carbons (Fsp3) is 0.333. The van der Waals surface area contributed by atoms with E-state index in [2.05, 4.69) is 38.7 Å². The van der Waals surface area contributed by atoms with Crippen LogP contribution in [0.25, 0.3) is 33.0 Å². The number of hydrogen-bond donors (Lipinski definition) is 11. The maximum atomic E-state index is 12.9. The van der Waals surface area contributed by atoms with Gasteiger partial charge in [-0.3, -0.25) is 23.7 Å². The van der Waals surface area contributed by atoms with Crippen LogP contribution in [0.15, 0.2) is 53.6 Å². The zero-order valence-corrected chi connectivity index (χ0v) is 32.9. The second-order valence-corrected chi connectivity index (χ2v) is 17.3. The fourth-order valence-electron chi connectivity index (χ4n) is 6.22. The molecule has 0 radical (unpaired) electrons. The van der Waals surface area contributed by atoms with Gasteiger partial charge in [-0.2, -0.15) is 18.2 Å². The number of nitrogen functional groups attached to an aromatic ring is 3. The Morgan fingerprint density at radius 1 is 0.932 bits per heavy atom. The number of benzene rings is 2. The van der Waals surface area contributed by atoms with E-state index in [9.17, 15) is 43.0 Å². The molecule has 1 aliphatic rings. The highest BCUT2D eigenvalue weighted by atomic mass is 31.3. The summed E-state index contributed by atoms with van der Waals surface area (Å²) in [6, 6.07) is 13.1. The van der Waals surface area contributed by atoms with Crippen molar-refractivity contribution >= 4 is 85.8 Å². The number of pyridine rings is 1. The van der Waals surface area contributed by atoms with Crippen molar-refractivity contribution in [3.8, 4) is 0 Å². The first-order chi connectivity index (χ1) is 27.7. The number of fused-ring (bicyclic) bond motifs is 3. The molecule has 1 fully saturated rings. The maximum absolute atomic E-state index is 12.9. The molecule has 26 nitrogen and oxygen atoms in total. The van der Waals surface area contributed by atoms with E-state index >= 15 is 0 Å². The van der Waals surface area contributed by atoms with E-state index in [4.69, 9.17) is 36.5 Å². The predicted molar refractivity (Wildman–Crippen MR) is 203 cm³/mol. The third-order valence-corrected chi connectivity index (χ3v) is 12.4. The monoisotopic (exact) mass is 887 g/mol. The Kier molecular flexibility index (Phi) is 12.7. The lowest BCUT2D eigenvalue weighted by atomic mass is 10.1. The van der Waals surface area contributed by atoms with Crippen molar-refractivity contribution in [2.24, 2.45) is 0 Å². The molecular weight excluding hydrogens is 849 g/mol. The van der Waals surface area contributed by atoms with Gasteiger partial charge in [0, 0.05) is 60.2 Å². The van der Waals surface area contributed by atoms with Crippen LogP contribution in [-0.4, -0.2) is 94.2 Å². The number of hydrogen-bond acceptors (Lipinski definition) is 17. The summed E-state index contributed by atoms with van der Waals surface area (Å²) in [5.74, 6) is -0.673. The summed E-state index contributed by atoms with van der Waals surface area (Å²) in [6.45, 7) is -0.926. The van der Waals surface area contributed by atoms with Crippen LogP contribution < -0.4 is 38.0 Å². The SMILES string of the molecule is Nc1ccc2cc3ccc(N)cc3[n+](CCCC(=O)NCCNC(=O)O[C@H]3[C@@H](O)[C@H](n4cnc5c(=O)[nH]c(N)nc54)O[C@@H]3COP(=O)(O)OP(=O)(O)OP(=O)(O)O)c2c1. The van der Waals surface area contributed by atoms with Crippen molar-refractivity contribution in [3.05, 3.63) is 59.1 Å². The van der Waals surface area contributed by atoms with Gasteiger partial charge in [-0.05, 0) is 30.3 Å². The normalized spacial score (nSPS) is 20.4. The van der Waals surface area contributed by atoms with Gasteiger partial charge in [0.1, 0.15) is 18.8 Å². The Morgan fingerprint density at radius 2 is 1.58 bits per heavy atom. The summed E-state index contributed by atoms with van der Waals surface area (Å²) in [5, 5.41) is 18.2. The van der Waals surface area contributed by atoms with Crippen LogP contribution in [0.4, 0.5) is 22.1 Å². The molecule has 59 heavy (non-hydrogen) atoms. The summed E-state index contributed by atoms with van der Waals surface area (Å²) in [5.41, 5.74) is 19.4. The predicted octanol–water partition coefficient (Wildman–Crippen LogP) is -0.247. The second-order valence-electron chi connectivity index (χ2n) is 12.9. The Bertz CT molecular complexity index is 2560. The molecule has 318 valence electrons. The van der Waals surface area contributed by atoms with Crippen LogP contribution in [0.5, 0.6) is 0 Å². The smallest absolute Gasteiger partial charge is 0.440 e. The van der Waals surface area contributed by atoms with Gasteiger partial charge < -0.3 is 62.0 Å². The first kappa shape index (κ1) is 43.5. The topological polar surface area (TPSA) is 402 Å². The molecule has 1 aliphatic heterocycles. The second kappa shape index (κ2) is 17.3. The van der Waals surface area contributed by atoms with Gasteiger partial charge in [-0.25, -0.2) is 23.5 Å². The molecule has 5 aromatic rings. The number of anilines is 3. The molecule has 0 saturated carbocycles. The number of aryl methyl sites for hydroxylation is 1. The van der Waals surface area contributed by atoms with Crippen molar-refractivity contribution in [1.29, 1.82) is 0 Å². The third kappa shape index (κ3) is 10.8. The number of carbonyl (C=O) groups is 2. The summed E-state index contributed by atoms with van der Waals surface area (Å²) in [6.07, 6.45) is -6.49. The van der Waals surface area contributed by atoms with Crippen LogP contribution in [0.3, 0.4) is 0 Å². The number of aromatic nitrogens is 5. The molecule has 0 aliphatic carbocycles. The van der Waals surface area contributed by atoms with Crippen molar-refractivity contribution in [2.75, 3.05) is 36.9 Å². The minimum atomic E-state index is -5.89. The van der Waals surface area contributed by atoms with Crippen molar-refractivity contribution in [2.45, 2.75) is 43.9 Å². The van der Waals surface area contributed by atoms with Gasteiger partial charge >= 0.3 is 29.6 Å². The number of nitrogens with two attached hydrogens (primary N) is 3. The summed E-state index contributed by atoms with van der Waals surface area (Å²) < 4.78 is 61.4. The molecular formula is C30H38N10O16P3+. The van der Waals surface area contributed by atoms with Gasteiger partial charge in [0.25, 0.3) is 5.56 Å². The number of phosphoric ester groups is 1. The van der Waals surface area contributed by atoms with Crippen molar-refractivity contribution in [3.63, 3.8) is 0 Å². The molecule has 29 heteroatoms. The number of nitrogens with one attached hydrogen (secondary N) is 3. The van der Waals surface area contributed by atoms with Crippen LogP contribution >= 0.6 is 23.5 Å². The van der Waals surface area contributed by atoms with Gasteiger partial charge in [-0.1, -0.05) is 0 Å². The van der Waals surface area contributed by atoms with E-state index in [1.807, 2.05) is 34.9 Å². The highest BCUT2D eigenvalue weighted by Gasteiger charge is 2.49. The van der Waals surface area contributed by atoms with Gasteiger partial charge in [-0.15, -0.1) is 0 Å². The number of alkyl carbamates (subject to hydrolysis) is 1. The molecule has 0 spiro atoms. The average Bonchev–Trinajstić information content (AvgIpc) is 3.68. The molecule has 2 unspecified atom stereocenters. The Hall–Kier alpha value is -5.07. The van der Waals surface area contributed by atoms with Gasteiger partial charge in [0.15, 0.2) is 23.5 Å². The number of aliphatic hydroxyl groups excluding tert-OH is 1. The number of rotatable bonds is 16. The molecule has 0 bridgehead atoms. The third-order valence-electron chi connectivity index (χ3n) is 8.60. The molecule has 2 aromatic carbocycles. The maximum Gasteiger partial charge on any atom is 0.490 e. The number of ether oxygens (including phenoxy) is 2. The van der Waals surface area contributed by atoms with Crippen LogP contribution in [-0.2, 0) is 47.7 Å². The van der Waals surface area contributed by atoms with E-state index in [0.717, 1.165) is 32.7 Å². The lowest BCUT2D eigenvalue weighted by Gasteiger charge is -2.22. The van der Waals surface area contributed by atoms with Gasteiger partial charge in [0.05, 0.1) is 12.9 Å². The fourth-order valence-corrected chi connectivity index (χ4v) is 9.25. The van der Waals surface area contributed by atoms with Crippen LogP contribution in [0.1, 0.15) is 19.1 Å². The highest BCUT2D eigenvalue weighted by molar-refractivity contribution is 7.66. The van der Waals surface area contributed by atoms with E-state index in [-0.39, 0.29) is 42.5 Å². The molecule has 6 atom stereocenters. The van der Waals surface area contributed by atoms with Crippen LogP contribution in [0, 0.1) is 0 Å². The minimum absolute atomic E-state index is 0.0597. The van der Waals surface area contributed by atoms with Gasteiger partial charge in [0.2, 0.25) is 22.9 Å². The number of amides is 2. The van der Waals surface area contributed by atoms with E-state index < -0.39 is 66.3 Å². The number of carbonyl (C=O) groups excluding carboxylic acids is 2.